The van der Waals surface area contributed by atoms with Crippen LogP contribution in [0, 0.1) is 11.8 Å². The molecule has 0 saturated carbocycles. The maximum Gasteiger partial charge on any atom is 0.332 e. The maximum absolute atomic E-state index is 12.6. The average molecular weight is 297 g/mol. The Bertz CT molecular complexity index is 690. The number of urea groups is 1. The number of rotatable bonds is 1. The molecule has 0 N–H and O–H groups in total. The van der Waals surface area contributed by atoms with Gasteiger partial charge in [-0.25, -0.2) is 9.69 Å². The minimum Gasteiger partial charge on any atom is -0.328 e. The second kappa shape index (κ2) is 5.53. The summed E-state index contributed by atoms with van der Waals surface area (Å²) in [5, 5.41) is 0. The van der Waals surface area contributed by atoms with Gasteiger partial charge in [-0.05, 0) is 25.0 Å². The van der Waals surface area contributed by atoms with Gasteiger partial charge in [0.15, 0.2) is 0 Å². The lowest BCUT2D eigenvalue weighted by Gasteiger charge is -2.34. The summed E-state index contributed by atoms with van der Waals surface area (Å²) in [5.74, 6) is 4.44. The highest BCUT2D eigenvalue weighted by atomic mass is 16.2. The molecular weight excluding hydrogens is 282 g/mol. The molecule has 0 spiro atoms. The summed E-state index contributed by atoms with van der Waals surface area (Å²) in [4.78, 5) is 41.1. The summed E-state index contributed by atoms with van der Waals surface area (Å²) in [6.07, 6.45) is 0. The number of hydrogen-bond donors (Lipinski definition) is 0. The number of benzene rings is 1. The second-order valence-corrected chi connectivity index (χ2v) is 5.13. The quantitative estimate of drug-likeness (QED) is 0.566. The topological polar surface area (TPSA) is 60.9 Å². The molecule has 0 aliphatic carbocycles. The van der Waals surface area contributed by atoms with Crippen molar-refractivity contribution in [2.24, 2.45) is 0 Å². The molecule has 2 heterocycles. The highest BCUT2D eigenvalue weighted by molar-refractivity contribution is 6.21. The molecule has 0 aromatic heterocycles. The van der Waals surface area contributed by atoms with Crippen LogP contribution in [0.15, 0.2) is 30.3 Å². The SMILES string of the molecule is CC#CC(=O)N1CCN2C(=O)N(c3ccccc3)C(=O)C2C1. The minimum atomic E-state index is -0.621. The number of anilines is 1. The zero-order valence-corrected chi connectivity index (χ0v) is 12.2. The van der Waals surface area contributed by atoms with Gasteiger partial charge in [0.05, 0.1) is 12.2 Å². The predicted octanol–water partition coefficient (Wildman–Crippen LogP) is 0.689. The summed E-state index contributed by atoms with van der Waals surface area (Å²) in [5.41, 5.74) is 0.554. The van der Waals surface area contributed by atoms with E-state index in [4.69, 9.17) is 0 Å². The Kier molecular flexibility index (Phi) is 3.55. The first-order chi connectivity index (χ1) is 10.6. The van der Waals surface area contributed by atoms with E-state index in [2.05, 4.69) is 11.8 Å². The van der Waals surface area contributed by atoms with Crippen LogP contribution in [0.2, 0.25) is 0 Å². The van der Waals surface area contributed by atoms with E-state index in [1.165, 1.54) is 14.7 Å². The molecule has 6 heteroatoms. The first-order valence-corrected chi connectivity index (χ1v) is 7.04. The zero-order valence-electron chi connectivity index (χ0n) is 12.2. The molecule has 1 unspecified atom stereocenters. The van der Waals surface area contributed by atoms with Crippen molar-refractivity contribution in [2.75, 3.05) is 24.5 Å². The number of nitrogens with zero attached hydrogens (tertiary/aromatic N) is 3. The number of hydrogen-bond acceptors (Lipinski definition) is 3. The van der Waals surface area contributed by atoms with Crippen LogP contribution in [0.5, 0.6) is 0 Å². The van der Waals surface area contributed by atoms with Gasteiger partial charge in [0.2, 0.25) is 0 Å². The van der Waals surface area contributed by atoms with E-state index in [1.807, 2.05) is 6.07 Å². The summed E-state index contributed by atoms with van der Waals surface area (Å²) in [6.45, 7) is 2.53. The Balaban J connectivity index is 1.84. The van der Waals surface area contributed by atoms with Crippen LogP contribution >= 0.6 is 0 Å². The molecule has 0 bridgehead atoms. The lowest BCUT2D eigenvalue weighted by molar-refractivity contribution is -0.129. The Labute approximate surface area is 128 Å². The summed E-state index contributed by atoms with van der Waals surface area (Å²) >= 11 is 0. The van der Waals surface area contributed by atoms with Gasteiger partial charge in [-0.1, -0.05) is 24.1 Å². The van der Waals surface area contributed by atoms with Crippen LogP contribution in [-0.2, 0) is 9.59 Å². The molecule has 1 atom stereocenters. The first-order valence-electron chi connectivity index (χ1n) is 7.04. The van der Waals surface area contributed by atoms with Crippen LogP contribution < -0.4 is 4.90 Å². The largest absolute Gasteiger partial charge is 0.332 e. The molecule has 1 aromatic rings. The van der Waals surface area contributed by atoms with Crippen LogP contribution in [0.25, 0.3) is 0 Å². The fraction of sp³-hybridized carbons (Fsp3) is 0.312. The van der Waals surface area contributed by atoms with Crippen molar-refractivity contribution < 1.29 is 14.4 Å². The fourth-order valence-corrected chi connectivity index (χ4v) is 2.78. The third-order valence-electron chi connectivity index (χ3n) is 3.86. The molecule has 4 amide bonds. The van der Waals surface area contributed by atoms with Gasteiger partial charge in [-0.2, -0.15) is 0 Å². The Hall–Kier alpha value is -2.81. The fourth-order valence-electron chi connectivity index (χ4n) is 2.78. The molecule has 0 radical (unpaired) electrons. The Morgan fingerprint density at radius 3 is 2.59 bits per heavy atom. The standard InChI is InChI=1S/C16H15N3O3/c1-2-6-14(20)17-9-10-18-13(11-17)15(21)19(16(18)22)12-7-4-3-5-8-12/h3-5,7-8,13H,9-11H2,1H3. The first kappa shape index (κ1) is 14.1. The normalized spacial score (nSPS) is 20.6. The number of piperazine rings is 1. The lowest BCUT2D eigenvalue weighted by atomic mass is 10.2. The van der Waals surface area contributed by atoms with E-state index in [0.717, 1.165) is 0 Å². The third-order valence-corrected chi connectivity index (χ3v) is 3.86. The molecule has 2 saturated heterocycles. The Morgan fingerprint density at radius 2 is 1.91 bits per heavy atom. The number of imide groups is 1. The van der Waals surface area contributed by atoms with Crippen LogP contribution in [-0.4, -0.2) is 53.3 Å². The number of carbonyl (C=O) groups excluding carboxylic acids is 3. The van der Waals surface area contributed by atoms with Gasteiger partial charge in [0, 0.05) is 13.1 Å². The Morgan fingerprint density at radius 1 is 1.18 bits per heavy atom. The molecule has 6 nitrogen and oxygen atoms in total. The number of amides is 4. The number of fused-ring (bicyclic) bond motifs is 1. The molecule has 1 aromatic carbocycles. The van der Waals surface area contributed by atoms with E-state index in [1.54, 1.807) is 31.2 Å². The molecule has 2 fully saturated rings. The zero-order chi connectivity index (χ0) is 15.7. The van der Waals surface area contributed by atoms with Gasteiger partial charge in [-0.15, -0.1) is 0 Å². The highest BCUT2D eigenvalue weighted by Gasteiger charge is 2.48. The maximum atomic E-state index is 12.6. The van der Waals surface area contributed by atoms with Crippen molar-refractivity contribution in [1.82, 2.24) is 9.80 Å². The smallest absolute Gasteiger partial charge is 0.328 e. The third kappa shape index (κ3) is 2.21. The van der Waals surface area contributed by atoms with Gasteiger partial charge in [0.1, 0.15) is 6.04 Å². The number of para-hydroxylation sites is 1. The average Bonchev–Trinajstić information content (AvgIpc) is 2.79. The molecular formula is C16H15N3O3. The highest BCUT2D eigenvalue weighted by Crippen LogP contribution is 2.27. The minimum absolute atomic E-state index is 0.196. The molecule has 22 heavy (non-hydrogen) atoms. The van der Waals surface area contributed by atoms with Crippen LogP contribution in [0.1, 0.15) is 6.92 Å². The summed E-state index contributed by atoms with van der Waals surface area (Å²) < 4.78 is 0. The second-order valence-electron chi connectivity index (χ2n) is 5.13. The number of carbonyl (C=O) groups is 3. The van der Waals surface area contributed by atoms with E-state index in [9.17, 15) is 14.4 Å². The van der Waals surface area contributed by atoms with Gasteiger partial charge >= 0.3 is 6.03 Å². The van der Waals surface area contributed by atoms with Crippen molar-refractivity contribution in [3.63, 3.8) is 0 Å². The van der Waals surface area contributed by atoms with Crippen molar-refractivity contribution in [2.45, 2.75) is 13.0 Å². The van der Waals surface area contributed by atoms with Crippen molar-refractivity contribution >= 4 is 23.5 Å². The van der Waals surface area contributed by atoms with Crippen molar-refractivity contribution in [1.29, 1.82) is 0 Å². The van der Waals surface area contributed by atoms with Gasteiger partial charge in [-0.3, -0.25) is 9.59 Å². The van der Waals surface area contributed by atoms with E-state index >= 15 is 0 Å². The summed E-state index contributed by atoms with van der Waals surface area (Å²) in [6, 6.07) is 7.88. The predicted molar refractivity (Wildman–Crippen MR) is 79.8 cm³/mol. The van der Waals surface area contributed by atoms with E-state index < -0.39 is 6.04 Å². The van der Waals surface area contributed by atoms with E-state index in [0.29, 0.717) is 18.8 Å². The van der Waals surface area contributed by atoms with Crippen LogP contribution in [0.3, 0.4) is 0 Å². The molecule has 2 aliphatic rings. The van der Waals surface area contributed by atoms with Crippen molar-refractivity contribution in [3.05, 3.63) is 30.3 Å². The molecule has 2 aliphatic heterocycles. The monoisotopic (exact) mass is 297 g/mol. The van der Waals surface area contributed by atoms with Gasteiger partial charge < -0.3 is 9.80 Å². The van der Waals surface area contributed by atoms with Gasteiger partial charge in [0.25, 0.3) is 11.8 Å². The lowest BCUT2D eigenvalue weighted by Crippen LogP contribution is -2.54. The van der Waals surface area contributed by atoms with Crippen molar-refractivity contribution in [3.8, 4) is 11.8 Å². The van der Waals surface area contributed by atoms with E-state index in [-0.39, 0.29) is 24.4 Å². The van der Waals surface area contributed by atoms with Crippen LogP contribution in [0.4, 0.5) is 10.5 Å². The summed E-state index contributed by atoms with van der Waals surface area (Å²) in [7, 11) is 0. The molecule has 112 valence electrons. The molecule has 3 rings (SSSR count).